The van der Waals surface area contributed by atoms with Gasteiger partial charge in [-0.1, -0.05) is 19.9 Å². The Morgan fingerprint density at radius 1 is 1.05 bits per heavy atom. The molecule has 2 aromatic rings. The molecule has 2 aromatic heterocycles. The molecule has 0 amide bonds. The normalized spacial score (nSPS) is 17.9. The van der Waals surface area contributed by atoms with E-state index in [1.165, 1.54) is 5.57 Å². The lowest BCUT2D eigenvalue weighted by Crippen LogP contribution is -2.15. The summed E-state index contributed by atoms with van der Waals surface area (Å²) in [6, 6.07) is 0. The van der Waals surface area contributed by atoms with Crippen LogP contribution >= 0.6 is 11.6 Å². The summed E-state index contributed by atoms with van der Waals surface area (Å²) >= 11 is 6.07. The van der Waals surface area contributed by atoms with Crippen molar-refractivity contribution in [3.8, 4) is 0 Å². The highest BCUT2D eigenvalue weighted by atomic mass is 35.5. The first kappa shape index (κ1) is 14.4. The van der Waals surface area contributed by atoms with Crippen molar-refractivity contribution >= 4 is 28.3 Å². The molecule has 4 nitrogen and oxygen atoms in total. The van der Waals surface area contributed by atoms with Crippen LogP contribution in [0, 0.1) is 19.3 Å². The van der Waals surface area contributed by atoms with Gasteiger partial charge in [-0.05, 0) is 55.7 Å². The minimum absolute atomic E-state index is 0.237. The molecule has 0 radical (unpaired) electrons. The zero-order valence-corrected chi connectivity index (χ0v) is 13.6. The number of fused-ring (bicyclic) bond motifs is 1. The van der Waals surface area contributed by atoms with E-state index in [4.69, 9.17) is 11.6 Å². The quantitative estimate of drug-likeness (QED) is 0.738. The van der Waals surface area contributed by atoms with E-state index >= 15 is 0 Å². The van der Waals surface area contributed by atoms with Crippen LogP contribution in [0.2, 0.25) is 5.28 Å². The van der Waals surface area contributed by atoms with E-state index in [2.05, 4.69) is 39.9 Å². The second-order valence-electron chi connectivity index (χ2n) is 6.51. The fourth-order valence-electron chi connectivity index (χ4n) is 2.60. The van der Waals surface area contributed by atoms with Crippen LogP contribution in [0.15, 0.2) is 6.08 Å². The zero-order chi connectivity index (χ0) is 15.2. The van der Waals surface area contributed by atoms with Crippen molar-refractivity contribution in [1.82, 2.24) is 19.9 Å². The monoisotopic (exact) mass is 302 g/mol. The van der Waals surface area contributed by atoms with Crippen LogP contribution in [-0.4, -0.2) is 19.9 Å². The third-order valence-electron chi connectivity index (χ3n) is 4.19. The molecule has 0 unspecified atom stereocenters. The average Bonchev–Trinajstić information content (AvgIpc) is 2.40. The Kier molecular flexibility index (Phi) is 3.44. The maximum atomic E-state index is 6.07. The number of halogens is 1. The molecule has 5 heteroatoms. The number of aryl methyl sites for hydroxylation is 2. The van der Waals surface area contributed by atoms with Gasteiger partial charge >= 0.3 is 0 Å². The lowest BCUT2D eigenvalue weighted by atomic mass is 9.77. The molecule has 3 rings (SSSR count). The number of hydrogen-bond donors (Lipinski definition) is 0. The molecule has 0 N–H and O–H groups in total. The van der Waals surface area contributed by atoms with E-state index in [0.29, 0.717) is 11.1 Å². The fourth-order valence-corrected chi connectivity index (χ4v) is 2.77. The van der Waals surface area contributed by atoms with E-state index in [1.54, 1.807) is 0 Å². The zero-order valence-electron chi connectivity index (χ0n) is 12.9. The maximum absolute atomic E-state index is 6.07. The molecule has 0 saturated carbocycles. The number of rotatable bonds is 1. The van der Waals surface area contributed by atoms with Gasteiger partial charge in [0.1, 0.15) is 5.52 Å². The van der Waals surface area contributed by atoms with E-state index in [0.717, 1.165) is 41.9 Å². The summed E-state index contributed by atoms with van der Waals surface area (Å²) in [7, 11) is 0. The number of hydrogen-bond acceptors (Lipinski definition) is 4. The second-order valence-corrected chi connectivity index (χ2v) is 6.84. The van der Waals surface area contributed by atoms with Crippen molar-refractivity contribution in [1.29, 1.82) is 0 Å². The summed E-state index contributed by atoms with van der Waals surface area (Å²) in [6.07, 6.45) is 5.44. The summed E-state index contributed by atoms with van der Waals surface area (Å²) in [5.74, 6) is 0. The van der Waals surface area contributed by atoms with Crippen LogP contribution in [0.5, 0.6) is 0 Å². The van der Waals surface area contributed by atoms with Crippen LogP contribution < -0.4 is 0 Å². The lowest BCUT2D eigenvalue weighted by molar-refractivity contribution is 0.335. The highest BCUT2D eigenvalue weighted by molar-refractivity contribution is 6.28. The SMILES string of the molecule is Cc1nc2nc(Cl)nc(C3=CCC(C)(C)CC3)c2nc1C. The molecule has 110 valence electrons. The van der Waals surface area contributed by atoms with E-state index in [9.17, 15) is 0 Å². The van der Waals surface area contributed by atoms with Crippen molar-refractivity contribution in [2.75, 3.05) is 0 Å². The summed E-state index contributed by atoms with van der Waals surface area (Å²) in [5, 5.41) is 0.237. The van der Waals surface area contributed by atoms with Gasteiger partial charge in [-0.25, -0.2) is 15.0 Å². The standard InChI is InChI=1S/C16H19ClN4/c1-9-10(2)19-14-13(18-9)12(20-15(17)21-14)11-5-7-16(3,4)8-6-11/h5H,6-8H2,1-4H3. The van der Waals surface area contributed by atoms with Crippen molar-refractivity contribution < 1.29 is 0 Å². The Hall–Kier alpha value is -1.55. The third kappa shape index (κ3) is 2.77. The Bertz CT molecular complexity index is 750. The fraction of sp³-hybridized carbons (Fsp3) is 0.500. The largest absolute Gasteiger partial charge is 0.246 e. The molecule has 1 aliphatic carbocycles. The van der Waals surface area contributed by atoms with Gasteiger partial charge < -0.3 is 0 Å². The van der Waals surface area contributed by atoms with E-state index in [-0.39, 0.29) is 5.28 Å². The Morgan fingerprint density at radius 2 is 1.76 bits per heavy atom. The molecule has 2 heterocycles. The average molecular weight is 303 g/mol. The minimum Gasteiger partial charge on any atom is -0.246 e. The van der Waals surface area contributed by atoms with Crippen LogP contribution in [0.3, 0.4) is 0 Å². The predicted octanol–water partition coefficient (Wildman–Crippen LogP) is 4.28. The summed E-state index contributed by atoms with van der Waals surface area (Å²) in [5.41, 5.74) is 5.53. The van der Waals surface area contributed by atoms with Crippen molar-refractivity contribution in [2.24, 2.45) is 5.41 Å². The summed E-state index contributed by atoms with van der Waals surface area (Å²) in [6.45, 7) is 8.47. The predicted molar refractivity (Wildman–Crippen MR) is 85.2 cm³/mol. The van der Waals surface area contributed by atoms with Gasteiger partial charge in [-0.15, -0.1) is 0 Å². The van der Waals surface area contributed by atoms with Crippen LogP contribution in [-0.2, 0) is 0 Å². The molecule has 0 bridgehead atoms. The first-order valence-corrected chi connectivity index (χ1v) is 7.61. The van der Waals surface area contributed by atoms with Crippen LogP contribution in [0.1, 0.15) is 50.2 Å². The van der Waals surface area contributed by atoms with Gasteiger partial charge in [0.25, 0.3) is 0 Å². The molecule has 0 atom stereocenters. The summed E-state index contributed by atoms with van der Waals surface area (Å²) in [4.78, 5) is 17.8. The Labute approximate surface area is 129 Å². The van der Waals surface area contributed by atoms with E-state index < -0.39 is 0 Å². The van der Waals surface area contributed by atoms with Gasteiger partial charge in [-0.3, -0.25) is 0 Å². The van der Waals surface area contributed by atoms with Gasteiger partial charge in [0, 0.05) is 0 Å². The van der Waals surface area contributed by atoms with Crippen molar-refractivity contribution in [2.45, 2.75) is 47.0 Å². The molecule has 0 aromatic carbocycles. The second kappa shape index (κ2) is 5.02. The molecule has 0 spiro atoms. The first-order chi connectivity index (χ1) is 9.85. The lowest BCUT2D eigenvalue weighted by Gasteiger charge is -2.28. The topological polar surface area (TPSA) is 51.6 Å². The number of aromatic nitrogens is 4. The van der Waals surface area contributed by atoms with Gasteiger partial charge in [0.2, 0.25) is 5.28 Å². The molecular weight excluding hydrogens is 284 g/mol. The highest BCUT2D eigenvalue weighted by Crippen LogP contribution is 2.38. The van der Waals surface area contributed by atoms with Crippen molar-refractivity contribution in [3.63, 3.8) is 0 Å². The number of allylic oxidation sites excluding steroid dienone is 2. The minimum atomic E-state index is 0.237. The Morgan fingerprint density at radius 3 is 2.43 bits per heavy atom. The van der Waals surface area contributed by atoms with E-state index in [1.807, 2.05) is 13.8 Å². The molecule has 1 aliphatic rings. The van der Waals surface area contributed by atoms with Crippen LogP contribution in [0.4, 0.5) is 0 Å². The van der Waals surface area contributed by atoms with Gasteiger partial charge in [-0.2, -0.15) is 4.98 Å². The first-order valence-electron chi connectivity index (χ1n) is 7.24. The third-order valence-corrected chi connectivity index (χ3v) is 4.36. The molecule has 0 aliphatic heterocycles. The van der Waals surface area contributed by atoms with Crippen molar-refractivity contribution in [3.05, 3.63) is 28.4 Å². The molecule has 21 heavy (non-hydrogen) atoms. The maximum Gasteiger partial charge on any atom is 0.225 e. The van der Waals surface area contributed by atoms with Gasteiger partial charge in [0.15, 0.2) is 5.65 Å². The number of nitrogens with zero attached hydrogens (tertiary/aromatic N) is 4. The molecule has 0 saturated heterocycles. The highest BCUT2D eigenvalue weighted by Gasteiger charge is 2.24. The van der Waals surface area contributed by atoms with Crippen LogP contribution in [0.25, 0.3) is 16.7 Å². The molecule has 0 fully saturated rings. The summed E-state index contributed by atoms with van der Waals surface area (Å²) < 4.78 is 0. The smallest absolute Gasteiger partial charge is 0.225 e. The van der Waals surface area contributed by atoms with Gasteiger partial charge in [0.05, 0.1) is 17.1 Å². The Balaban J connectivity index is 2.18. The molecular formula is C16H19ClN4.